The normalized spacial score (nSPS) is 12.9. The van der Waals surface area contributed by atoms with Crippen molar-refractivity contribution in [2.45, 2.75) is 31.3 Å². The summed E-state index contributed by atoms with van der Waals surface area (Å²) >= 11 is 5.49. The lowest BCUT2D eigenvalue weighted by Crippen LogP contribution is -2.46. The van der Waals surface area contributed by atoms with Crippen molar-refractivity contribution in [3.8, 4) is 5.88 Å². The van der Waals surface area contributed by atoms with Crippen LogP contribution in [0.3, 0.4) is 0 Å². The van der Waals surface area contributed by atoms with Crippen LogP contribution in [0.1, 0.15) is 11.3 Å². The average molecular weight is 308 g/mol. The number of aromatic nitrogens is 1. The van der Waals surface area contributed by atoms with E-state index in [0.717, 1.165) is 6.07 Å². The first-order valence-corrected chi connectivity index (χ1v) is 5.41. The number of pyridine rings is 1. The number of aryl methyl sites for hydroxylation is 1. The molecular weight excluding hydrogens is 300 g/mol. The number of hydrogen-bond donors (Lipinski definition) is 0. The number of alkyl halides is 7. The molecular formula is C10H8ClF6NO. The van der Waals surface area contributed by atoms with E-state index < -0.39 is 24.3 Å². The third-order valence-corrected chi connectivity index (χ3v) is 2.43. The van der Waals surface area contributed by atoms with Gasteiger partial charge in [-0.3, -0.25) is 0 Å². The smallest absolute Gasteiger partial charge is 0.434 e. The molecule has 0 aliphatic rings. The molecule has 1 aromatic heterocycles. The van der Waals surface area contributed by atoms with Crippen molar-refractivity contribution in [2.24, 2.45) is 0 Å². The summed E-state index contributed by atoms with van der Waals surface area (Å²) in [4.78, 5) is 3.50. The molecule has 0 bridgehead atoms. The Morgan fingerprint density at radius 2 is 1.68 bits per heavy atom. The molecule has 0 aliphatic heterocycles. The maximum absolute atomic E-state index is 12.3. The van der Waals surface area contributed by atoms with Crippen LogP contribution < -0.4 is 4.74 Å². The molecule has 19 heavy (non-hydrogen) atoms. The summed E-state index contributed by atoms with van der Waals surface area (Å²) < 4.78 is 77.4. The van der Waals surface area contributed by atoms with Crippen molar-refractivity contribution in [2.75, 3.05) is 0 Å². The quantitative estimate of drug-likeness (QED) is 0.622. The topological polar surface area (TPSA) is 22.1 Å². The van der Waals surface area contributed by atoms with Crippen LogP contribution in [0.4, 0.5) is 26.3 Å². The fourth-order valence-corrected chi connectivity index (χ4v) is 1.50. The van der Waals surface area contributed by atoms with Gasteiger partial charge in [0.15, 0.2) is 0 Å². The molecule has 0 unspecified atom stereocenters. The Morgan fingerprint density at radius 3 is 2.05 bits per heavy atom. The first-order chi connectivity index (χ1) is 8.55. The summed E-state index contributed by atoms with van der Waals surface area (Å²) in [6.45, 7) is 1.40. The number of halogens is 7. The van der Waals surface area contributed by atoms with E-state index in [0.29, 0.717) is 5.56 Å². The third-order valence-electron chi connectivity index (χ3n) is 2.15. The summed E-state index contributed by atoms with van der Waals surface area (Å²) in [5.74, 6) is -0.716. The lowest BCUT2D eigenvalue weighted by atomic mass is 10.2. The van der Waals surface area contributed by atoms with Crippen molar-refractivity contribution in [3.05, 3.63) is 23.4 Å². The van der Waals surface area contributed by atoms with Gasteiger partial charge in [-0.2, -0.15) is 26.3 Å². The van der Waals surface area contributed by atoms with Crippen molar-refractivity contribution in [3.63, 3.8) is 0 Å². The van der Waals surface area contributed by atoms with Crippen LogP contribution in [0.2, 0.25) is 0 Å². The maximum atomic E-state index is 12.3. The van der Waals surface area contributed by atoms with E-state index in [4.69, 9.17) is 11.6 Å². The minimum Gasteiger partial charge on any atom is -0.455 e. The minimum atomic E-state index is -5.57. The molecule has 0 amide bonds. The molecule has 0 aliphatic carbocycles. The lowest BCUT2D eigenvalue weighted by molar-refractivity contribution is -0.300. The molecule has 1 rings (SSSR count). The molecule has 0 fully saturated rings. The molecule has 1 heterocycles. The standard InChI is InChI=1S/C10H8ClF6NO/c1-5-6(4-11)2-3-7(18-5)19-8(9(12,13)14)10(15,16)17/h2-3,8H,4H2,1H3. The van der Waals surface area contributed by atoms with Crippen molar-refractivity contribution in [1.29, 1.82) is 0 Å². The van der Waals surface area contributed by atoms with Gasteiger partial charge in [0, 0.05) is 17.6 Å². The monoisotopic (exact) mass is 307 g/mol. The summed E-state index contributed by atoms with van der Waals surface area (Å²) in [6, 6.07) is 2.17. The highest BCUT2D eigenvalue weighted by atomic mass is 35.5. The molecule has 0 spiro atoms. The van der Waals surface area contributed by atoms with Gasteiger partial charge < -0.3 is 4.74 Å². The van der Waals surface area contributed by atoms with Crippen LogP contribution in [0.15, 0.2) is 12.1 Å². The van der Waals surface area contributed by atoms with Crippen LogP contribution >= 0.6 is 11.6 Å². The zero-order valence-electron chi connectivity index (χ0n) is 9.44. The Morgan fingerprint density at radius 1 is 1.16 bits per heavy atom. The molecule has 0 saturated heterocycles. The van der Waals surface area contributed by atoms with E-state index in [1.165, 1.54) is 13.0 Å². The number of hydrogen-bond acceptors (Lipinski definition) is 2. The van der Waals surface area contributed by atoms with Crippen LogP contribution in [-0.2, 0) is 5.88 Å². The molecule has 1 aromatic rings. The zero-order valence-corrected chi connectivity index (χ0v) is 10.2. The lowest BCUT2D eigenvalue weighted by Gasteiger charge is -2.23. The summed E-state index contributed by atoms with van der Waals surface area (Å²) in [5, 5.41) is 0. The van der Waals surface area contributed by atoms with Crippen LogP contribution in [-0.4, -0.2) is 23.4 Å². The van der Waals surface area contributed by atoms with Gasteiger partial charge in [-0.05, 0) is 12.5 Å². The predicted octanol–water partition coefficient (Wildman–Crippen LogP) is 4.00. The Kier molecular flexibility index (Phi) is 4.54. The highest BCUT2D eigenvalue weighted by Gasteiger charge is 2.59. The Hall–Kier alpha value is -1.18. The summed E-state index contributed by atoms with van der Waals surface area (Å²) in [5.41, 5.74) is 0.695. The summed E-state index contributed by atoms with van der Waals surface area (Å²) in [6.07, 6.45) is -15.0. The Bertz CT molecular complexity index is 431. The third kappa shape index (κ3) is 4.15. The Balaban J connectivity index is 3.01. The second-order valence-corrected chi connectivity index (χ2v) is 3.88. The molecule has 0 atom stereocenters. The van der Waals surface area contributed by atoms with Crippen molar-refractivity contribution in [1.82, 2.24) is 4.98 Å². The first kappa shape index (κ1) is 15.9. The van der Waals surface area contributed by atoms with E-state index >= 15 is 0 Å². The van der Waals surface area contributed by atoms with Crippen LogP contribution in [0.25, 0.3) is 0 Å². The van der Waals surface area contributed by atoms with Gasteiger partial charge in [-0.1, -0.05) is 6.07 Å². The molecule has 0 saturated carbocycles. The van der Waals surface area contributed by atoms with Crippen molar-refractivity contribution >= 4 is 11.6 Å². The van der Waals surface area contributed by atoms with E-state index in [2.05, 4.69) is 9.72 Å². The van der Waals surface area contributed by atoms with Gasteiger partial charge in [0.25, 0.3) is 6.10 Å². The highest BCUT2D eigenvalue weighted by Crippen LogP contribution is 2.36. The van der Waals surface area contributed by atoms with E-state index in [1.807, 2.05) is 0 Å². The minimum absolute atomic E-state index is 0.0427. The number of rotatable bonds is 3. The first-order valence-electron chi connectivity index (χ1n) is 4.88. The Labute approximate surface area is 109 Å². The molecule has 0 aromatic carbocycles. The van der Waals surface area contributed by atoms with Crippen molar-refractivity contribution < 1.29 is 31.1 Å². The van der Waals surface area contributed by atoms with E-state index in [9.17, 15) is 26.3 Å². The average Bonchev–Trinajstić information content (AvgIpc) is 2.23. The molecule has 0 N–H and O–H groups in total. The van der Waals surface area contributed by atoms with Gasteiger partial charge in [0.05, 0.1) is 0 Å². The summed E-state index contributed by atoms with van der Waals surface area (Å²) in [7, 11) is 0. The van der Waals surface area contributed by atoms with E-state index in [-0.39, 0.29) is 11.6 Å². The van der Waals surface area contributed by atoms with Gasteiger partial charge >= 0.3 is 12.4 Å². The second-order valence-electron chi connectivity index (χ2n) is 3.61. The predicted molar refractivity (Wildman–Crippen MR) is 55.1 cm³/mol. The van der Waals surface area contributed by atoms with Gasteiger partial charge in [-0.15, -0.1) is 11.6 Å². The molecule has 0 radical (unpaired) electrons. The fourth-order valence-electron chi connectivity index (χ4n) is 1.21. The maximum Gasteiger partial charge on any atom is 0.434 e. The molecule has 2 nitrogen and oxygen atoms in total. The van der Waals surface area contributed by atoms with Gasteiger partial charge in [0.1, 0.15) is 0 Å². The molecule has 9 heteroatoms. The SMILES string of the molecule is Cc1nc(OC(C(F)(F)F)C(F)(F)F)ccc1CCl. The number of ether oxygens (including phenoxy) is 1. The van der Waals surface area contributed by atoms with Gasteiger partial charge in [0.2, 0.25) is 5.88 Å². The zero-order chi connectivity index (χ0) is 14.8. The van der Waals surface area contributed by atoms with E-state index in [1.54, 1.807) is 0 Å². The largest absolute Gasteiger partial charge is 0.455 e. The van der Waals surface area contributed by atoms with Crippen LogP contribution in [0.5, 0.6) is 5.88 Å². The molecule has 108 valence electrons. The fraction of sp³-hybridized carbons (Fsp3) is 0.500. The van der Waals surface area contributed by atoms with Gasteiger partial charge in [-0.25, -0.2) is 4.98 Å². The number of nitrogens with zero attached hydrogens (tertiary/aromatic N) is 1. The van der Waals surface area contributed by atoms with Crippen LogP contribution in [0, 0.1) is 6.92 Å². The highest BCUT2D eigenvalue weighted by molar-refractivity contribution is 6.17. The second kappa shape index (κ2) is 5.44.